The van der Waals surface area contributed by atoms with Gasteiger partial charge in [-0.2, -0.15) is 12.6 Å². The highest BCUT2D eigenvalue weighted by Gasteiger charge is 2.22. The lowest BCUT2D eigenvalue weighted by Crippen LogP contribution is -2.49. The van der Waals surface area contributed by atoms with Gasteiger partial charge in [-0.25, -0.2) is 4.79 Å². The monoisotopic (exact) mass is 421 g/mol. The summed E-state index contributed by atoms with van der Waals surface area (Å²) in [7, 11) is 0. The number of thiol groups is 1. The predicted octanol–water partition coefficient (Wildman–Crippen LogP) is -1.23. The van der Waals surface area contributed by atoms with Gasteiger partial charge in [-0.15, -0.1) is 0 Å². The summed E-state index contributed by atoms with van der Waals surface area (Å²) in [5.74, 6) is -2.87. The van der Waals surface area contributed by atoms with Crippen molar-refractivity contribution in [1.82, 2.24) is 20.9 Å². The summed E-state index contributed by atoms with van der Waals surface area (Å²) >= 11 is 3.88. The van der Waals surface area contributed by atoms with Crippen molar-refractivity contribution in [3.8, 4) is 0 Å². The predicted molar refractivity (Wildman–Crippen MR) is 109 cm³/mol. The van der Waals surface area contributed by atoms with E-state index in [1.54, 1.807) is 6.20 Å². The molecule has 1 aromatic heterocycles. The van der Waals surface area contributed by atoms with Crippen molar-refractivity contribution in [2.24, 2.45) is 5.73 Å². The SMILES string of the molecule is NC(CS)C(=O)NCC(=O)NCC(=O)NC(Cc1c[nH]c2ccccc12)C(=O)O. The Hall–Kier alpha value is -3.05. The quantitative estimate of drug-likeness (QED) is 0.237. The van der Waals surface area contributed by atoms with Crippen LogP contribution in [0, 0.1) is 0 Å². The standard InChI is InChI=1S/C18H23N5O5S/c19-12(9-29)17(26)22-7-15(24)21-8-16(25)23-14(18(27)28)5-10-6-20-13-4-2-1-3-11(10)13/h1-4,6,12,14,20,29H,5,7-9,19H2,(H,21,24)(H,22,26)(H,23,25)(H,27,28). The summed E-state index contributed by atoms with van der Waals surface area (Å²) in [4.78, 5) is 49.8. The zero-order valence-electron chi connectivity index (χ0n) is 15.5. The summed E-state index contributed by atoms with van der Waals surface area (Å²) in [5.41, 5.74) is 7.07. The van der Waals surface area contributed by atoms with Crippen LogP contribution in [-0.4, -0.2) is 64.7 Å². The molecule has 0 bridgehead atoms. The molecular weight excluding hydrogens is 398 g/mol. The molecular formula is C18H23N5O5S. The summed E-state index contributed by atoms with van der Waals surface area (Å²) in [6, 6.07) is 5.42. The Kier molecular flexibility index (Phi) is 8.04. The summed E-state index contributed by atoms with van der Waals surface area (Å²) in [5, 5.41) is 17.3. The van der Waals surface area contributed by atoms with E-state index < -0.39 is 42.3 Å². The maximum atomic E-state index is 12.0. The zero-order chi connectivity index (χ0) is 21.4. The Labute approximate surface area is 172 Å². The normalized spacial score (nSPS) is 12.8. The van der Waals surface area contributed by atoms with Gasteiger partial charge >= 0.3 is 5.97 Å². The lowest BCUT2D eigenvalue weighted by atomic mass is 10.1. The number of nitrogens with one attached hydrogen (secondary N) is 4. The fourth-order valence-corrected chi connectivity index (χ4v) is 2.75. The van der Waals surface area contributed by atoms with Gasteiger partial charge in [-0.3, -0.25) is 14.4 Å². The van der Waals surface area contributed by atoms with Crippen LogP contribution in [-0.2, 0) is 25.6 Å². The zero-order valence-corrected chi connectivity index (χ0v) is 16.4. The molecule has 11 heteroatoms. The van der Waals surface area contributed by atoms with Crippen LogP contribution in [0.3, 0.4) is 0 Å². The number of aromatic nitrogens is 1. The van der Waals surface area contributed by atoms with Crippen molar-refractivity contribution in [2.45, 2.75) is 18.5 Å². The van der Waals surface area contributed by atoms with Gasteiger partial charge in [0.2, 0.25) is 17.7 Å². The number of aromatic amines is 1. The number of hydrogen-bond donors (Lipinski definition) is 7. The Morgan fingerprint density at radius 3 is 2.48 bits per heavy atom. The van der Waals surface area contributed by atoms with Gasteiger partial charge in [0.15, 0.2) is 0 Å². The van der Waals surface area contributed by atoms with Crippen LogP contribution >= 0.6 is 12.6 Å². The third kappa shape index (κ3) is 6.50. The molecule has 1 aromatic carbocycles. The molecule has 1 heterocycles. The molecule has 29 heavy (non-hydrogen) atoms. The Morgan fingerprint density at radius 2 is 1.79 bits per heavy atom. The minimum absolute atomic E-state index is 0.0801. The molecule has 2 aromatic rings. The summed E-state index contributed by atoms with van der Waals surface area (Å²) in [6.45, 7) is -0.781. The second-order valence-electron chi connectivity index (χ2n) is 6.31. The second kappa shape index (κ2) is 10.5. The molecule has 3 amide bonds. The highest BCUT2D eigenvalue weighted by Crippen LogP contribution is 2.19. The highest BCUT2D eigenvalue weighted by atomic mass is 32.1. The van der Waals surface area contributed by atoms with Crippen LogP contribution in [0.4, 0.5) is 0 Å². The minimum Gasteiger partial charge on any atom is -0.480 e. The Morgan fingerprint density at radius 1 is 1.10 bits per heavy atom. The first-order valence-electron chi connectivity index (χ1n) is 8.79. The van der Waals surface area contributed by atoms with Gasteiger partial charge in [0, 0.05) is 29.3 Å². The fourth-order valence-electron chi connectivity index (χ4n) is 2.59. The van der Waals surface area contributed by atoms with Crippen molar-refractivity contribution in [2.75, 3.05) is 18.8 Å². The number of carboxylic acids is 1. The number of para-hydroxylation sites is 1. The van der Waals surface area contributed by atoms with E-state index in [1.807, 2.05) is 24.3 Å². The fraction of sp³-hybridized carbons (Fsp3) is 0.333. The van der Waals surface area contributed by atoms with Crippen molar-refractivity contribution in [1.29, 1.82) is 0 Å². The lowest BCUT2D eigenvalue weighted by Gasteiger charge is -2.15. The van der Waals surface area contributed by atoms with Crippen molar-refractivity contribution in [3.05, 3.63) is 36.0 Å². The van der Waals surface area contributed by atoms with Crippen LogP contribution in [0.25, 0.3) is 10.9 Å². The maximum absolute atomic E-state index is 12.0. The van der Waals surface area contributed by atoms with Gasteiger partial charge in [-0.1, -0.05) is 18.2 Å². The molecule has 0 radical (unpaired) electrons. The third-order valence-corrected chi connectivity index (χ3v) is 4.53. The molecule has 0 saturated carbocycles. The molecule has 0 spiro atoms. The van der Waals surface area contributed by atoms with Crippen LogP contribution < -0.4 is 21.7 Å². The molecule has 0 aliphatic carbocycles. The van der Waals surface area contributed by atoms with Crippen LogP contribution in [0.1, 0.15) is 5.56 Å². The number of H-pyrrole nitrogens is 1. The third-order valence-electron chi connectivity index (χ3n) is 4.14. The van der Waals surface area contributed by atoms with Crippen LogP contribution in [0.2, 0.25) is 0 Å². The molecule has 10 nitrogen and oxygen atoms in total. The van der Waals surface area contributed by atoms with Gasteiger partial charge in [0.05, 0.1) is 19.1 Å². The van der Waals surface area contributed by atoms with Crippen LogP contribution in [0.5, 0.6) is 0 Å². The van der Waals surface area contributed by atoms with E-state index >= 15 is 0 Å². The number of carboxylic acid groups (broad SMARTS) is 1. The molecule has 0 aliphatic rings. The molecule has 0 fully saturated rings. The number of nitrogens with two attached hydrogens (primary N) is 1. The largest absolute Gasteiger partial charge is 0.480 e. The van der Waals surface area contributed by atoms with Crippen molar-refractivity contribution < 1.29 is 24.3 Å². The molecule has 2 atom stereocenters. The van der Waals surface area contributed by atoms with Crippen molar-refractivity contribution >= 4 is 47.2 Å². The maximum Gasteiger partial charge on any atom is 0.326 e. The van der Waals surface area contributed by atoms with E-state index in [1.165, 1.54) is 0 Å². The van der Waals surface area contributed by atoms with Gasteiger partial charge in [-0.05, 0) is 11.6 Å². The van der Waals surface area contributed by atoms with Gasteiger partial charge in [0.1, 0.15) is 6.04 Å². The number of amides is 3. The molecule has 7 N–H and O–H groups in total. The molecule has 156 valence electrons. The number of rotatable bonds is 10. The molecule has 0 saturated heterocycles. The van der Waals surface area contributed by atoms with E-state index in [2.05, 4.69) is 33.6 Å². The topological polar surface area (TPSA) is 166 Å². The molecule has 0 aliphatic heterocycles. The number of hydrogen-bond acceptors (Lipinski definition) is 6. The second-order valence-corrected chi connectivity index (χ2v) is 6.67. The van der Waals surface area contributed by atoms with Crippen molar-refractivity contribution in [3.63, 3.8) is 0 Å². The number of carbonyl (C=O) groups excluding carboxylic acids is 3. The lowest BCUT2D eigenvalue weighted by molar-refractivity contribution is -0.141. The Balaban J connectivity index is 1.84. The average molecular weight is 421 g/mol. The Bertz CT molecular complexity index is 900. The van der Waals surface area contributed by atoms with Gasteiger partial charge in [0.25, 0.3) is 0 Å². The first kappa shape index (κ1) is 22.2. The first-order valence-corrected chi connectivity index (χ1v) is 9.43. The summed E-state index contributed by atoms with van der Waals surface area (Å²) < 4.78 is 0. The average Bonchev–Trinajstić information content (AvgIpc) is 3.12. The smallest absolute Gasteiger partial charge is 0.326 e. The number of fused-ring (bicyclic) bond motifs is 1. The number of benzene rings is 1. The van der Waals surface area contributed by atoms with Crippen LogP contribution in [0.15, 0.2) is 30.5 Å². The van der Waals surface area contributed by atoms with Gasteiger partial charge < -0.3 is 31.8 Å². The first-order chi connectivity index (χ1) is 13.8. The van der Waals surface area contributed by atoms with E-state index in [-0.39, 0.29) is 18.7 Å². The van der Waals surface area contributed by atoms with E-state index in [9.17, 15) is 24.3 Å². The number of aliphatic carboxylic acids is 1. The van der Waals surface area contributed by atoms with E-state index in [4.69, 9.17) is 5.73 Å². The van der Waals surface area contributed by atoms with E-state index in [0.29, 0.717) is 0 Å². The highest BCUT2D eigenvalue weighted by molar-refractivity contribution is 7.80. The van der Waals surface area contributed by atoms with E-state index in [0.717, 1.165) is 16.5 Å². The molecule has 2 unspecified atom stereocenters. The minimum atomic E-state index is -1.19. The molecule has 2 rings (SSSR count). The number of carbonyl (C=O) groups is 4. The summed E-state index contributed by atoms with van der Waals surface area (Å²) in [6.07, 6.45) is 1.78.